The van der Waals surface area contributed by atoms with Crippen LogP contribution >= 0.6 is 0 Å². The van der Waals surface area contributed by atoms with Crippen LogP contribution in [0.25, 0.3) is 0 Å². The van der Waals surface area contributed by atoms with Crippen molar-refractivity contribution in [1.82, 2.24) is 0 Å². The van der Waals surface area contributed by atoms with Gasteiger partial charge in [-0.05, 0) is 43.6 Å². The molecule has 0 aromatic carbocycles. The molecule has 3 heteroatoms. The van der Waals surface area contributed by atoms with Crippen LogP contribution in [0.4, 0.5) is 0 Å². The van der Waals surface area contributed by atoms with Gasteiger partial charge in [0.05, 0.1) is 12.2 Å². The minimum absolute atomic E-state index is 0.428. The molecule has 18 heavy (non-hydrogen) atoms. The van der Waals surface area contributed by atoms with Gasteiger partial charge < -0.3 is 9.84 Å². The summed E-state index contributed by atoms with van der Waals surface area (Å²) in [5.74, 6) is -0.216. The summed E-state index contributed by atoms with van der Waals surface area (Å²) in [6.45, 7) is 10.4. The van der Waals surface area contributed by atoms with E-state index in [1.54, 1.807) is 0 Å². The molecule has 0 fully saturated rings. The number of aliphatic carboxylic acids is 1. The average molecular weight is 254 g/mol. The van der Waals surface area contributed by atoms with Gasteiger partial charge in [-0.15, -0.1) is 0 Å². The summed E-state index contributed by atoms with van der Waals surface area (Å²) in [7, 11) is 0. The van der Waals surface area contributed by atoms with Crippen LogP contribution < -0.4 is 0 Å². The predicted octanol–water partition coefficient (Wildman–Crippen LogP) is 3.84. The number of hydrogen-bond donors (Lipinski definition) is 1. The Morgan fingerprint density at radius 2 is 2.06 bits per heavy atom. The zero-order valence-electron chi connectivity index (χ0n) is 12.2. The fraction of sp³-hybridized carbons (Fsp3) is 0.800. The molecule has 0 bridgehead atoms. The van der Waals surface area contributed by atoms with Crippen molar-refractivity contribution >= 4 is 5.97 Å². The Kier molecular flexibility index (Phi) is 4.83. The smallest absolute Gasteiger partial charge is 0.310 e. The number of hydrogen-bond acceptors (Lipinski definition) is 2. The highest BCUT2D eigenvalue weighted by atomic mass is 16.5. The fourth-order valence-corrected chi connectivity index (χ4v) is 2.83. The Bertz CT molecular complexity index is 331. The van der Waals surface area contributed by atoms with Gasteiger partial charge in [-0.1, -0.05) is 27.7 Å². The summed E-state index contributed by atoms with van der Waals surface area (Å²) in [5, 5.41) is 9.43. The number of carboxylic acids is 1. The second-order valence-corrected chi connectivity index (χ2v) is 6.50. The van der Waals surface area contributed by atoms with Crippen LogP contribution in [0.5, 0.6) is 0 Å². The standard InChI is InChI=1S/C15H26O3/c1-10(2)6-12-7-13(14(16)17)15(5,18-9-12)8-11(3)4/h9-11,13H,6-8H2,1-5H3,(H,16,17). The third-order valence-corrected chi connectivity index (χ3v) is 3.48. The Hall–Kier alpha value is -0.990. The number of carboxylic acid groups (broad SMARTS) is 1. The van der Waals surface area contributed by atoms with Crippen LogP contribution in [0, 0.1) is 17.8 Å². The molecule has 0 aromatic heterocycles. The molecule has 0 spiro atoms. The lowest BCUT2D eigenvalue weighted by Gasteiger charge is -2.40. The Morgan fingerprint density at radius 3 is 2.50 bits per heavy atom. The van der Waals surface area contributed by atoms with Crippen molar-refractivity contribution in [1.29, 1.82) is 0 Å². The van der Waals surface area contributed by atoms with Crippen LogP contribution in [0.3, 0.4) is 0 Å². The first-order valence-corrected chi connectivity index (χ1v) is 6.83. The van der Waals surface area contributed by atoms with Crippen LogP contribution in [-0.2, 0) is 9.53 Å². The SMILES string of the molecule is CC(C)CC1=COC(C)(CC(C)C)C(C(=O)O)C1. The summed E-state index contributed by atoms with van der Waals surface area (Å²) in [6.07, 6.45) is 4.12. The van der Waals surface area contributed by atoms with Gasteiger partial charge >= 0.3 is 5.97 Å². The predicted molar refractivity (Wildman–Crippen MR) is 72.2 cm³/mol. The molecular weight excluding hydrogens is 228 g/mol. The van der Waals surface area contributed by atoms with Crippen molar-refractivity contribution in [3.63, 3.8) is 0 Å². The van der Waals surface area contributed by atoms with Gasteiger partial charge in [-0.2, -0.15) is 0 Å². The van der Waals surface area contributed by atoms with E-state index in [0.717, 1.165) is 18.4 Å². The summed E-state index contributed by atoms with van der Waals surface area (Å²) < 4.78 is 5.82. The maximum Gasteiger partial charge on any atom is 0.310 e. The molecule has 1 rings (SSSR count). The average Bonchev–Trinajstić information content (AvgIpc) is 2.18. The summed E-state index contributed by atoms with van der Waals surface area (Å²) in [4.78, 5) is 11.5. The van der Waals surface area contributed by atoms with E-state index in [-0.39, 0.29) is 0 Å². The number of rotatable bonds is 5. The quantitative estimate of drug-likeness (QED) is 0.810. The minimum Gasteiger partial charge on any atom is -0.494 e. The Labute approximate surface area is 110 Å². The largest absolute Gasteiger partial charge is 0.494 e. The molecule has 0 saturated heterocycles. The molecule has 1 heterocycles. The molecule has 2 unspecified atom stereocenters. The van der Waals surface area contributed by atoms with E-state index in [2.05, 4.69) is 27.7 Å². The van der Waals surface area contributed by atoms with Crippen LogP contribution in [0.2, 0.25) is 0 Å². The molecule has 0 amide bonds. The first-order valence-electron chi connectivity index (χ1n) is 6.83. The van der Waals surface area contributed by atoms with Crippen molar-refractivity contribution in [2.24, 2.45) is 17.8 Å². The van der Waals surface area contributed by atoms with Crippen molar-refractivity contribution in [2.75, 3.05) is 0 Å². The highest BCUT2D eigenvalue weighted by molar-refractivity contribution is 5.72. The van der Waals surface area contributed by atoms with E-state index in [9.17, 15) is 9.90 Å². The summed E-state index contributed by atoms with van der Waals surface area (Å²) >= 11 is 0. The van der Waals surface area contributed by atoms with E-state index in [4.69, 9.17) is 4.74 Å². The summed E-state index contributed by atoms with van der Waals surface area (Å²) in [6, 6.07) is 0. The zero-order chi connectivity index (χ0) is 13.9. The topological polar surface area (TPSA) is 46.5 Å². The Morgan fingerprint density at radius 1 is 1.44 bits per heavy atom. The molecule has 0 saturated carbocycles. The van der Waals surface area contributed by atoms with E-state index >= 15 is 0 Å². The number of carbonyl (C=O) groups is 1. The molecule has 1 N–H and O–H groups in total. The van der Waals surface area contributed by atoms with Crippen LogP contribution in [-0.4, -0.2) is 16.7 Å². The molecule has 0 radical (unpaired) electrons. The minimum atomic E-state index is -0.743. The lowest BCUT2D eigenvalue weighted by atomic mass is 9.76. The van der Waals surface area contributed by atoms with Gasteiger partial charge in [0.2, 0.25) is 0 Å². The van der Waals surface area contributed by atoms with Gasteiger partial charge in [0, 0.05) is 0 Å². The second kappa shape index (κ2) is 5.77. The molecule has 0 aromatic rings. The molecule has 104 valence electrons. The van der Waals surface area contributed by atoms with Crippen LogP contribution in [0.1, 0.15) is 53.9 Å². The lowest BCUT2D eigenvalue weighted by molar-refractivity contribution is -0.154. The van der Waals surface area contributed by atoms with Crippen LogP contribution in [0.15, 0.2) is 11.8 Å². The summed E-state index contributed by atoms with van der Waals surface area (Å²) in [5.41, 5.74) is 0.555. The van der Waals surface area contributed by atoms with Crippen molar-refractivity contribution < 1.29 is 14.6 Å². The molecule has 0 aliphatic carbocycles. The normalized spacial score (nSPS) is 28.2. The maximum absolute atomic E-state index is 11.5. The highest BCUT2D eigenvalue weighted by Crippen LogP contribution is 2.39. The molecule has 1 aliphatic rings. The number of ether oxygens (including phenoxy) is 1. The highest BCUT2D eigenvalue weighted by Gasteiger charge is 2.43. The van der Waals surface area contributed by atoms with Crippen molar-refractivity contribution in [2.45, 2.75) is 59.5 Å². The van der Waals surface area contributed by atoms with Crippen molar-refractivity contribution in [3.8, 4) is 0 Å². The van der Waals surface area contributed by atoms with Gasteiger partial charge in [-0.3, -0.25) is 4.79 Å². The van der Waals surface area contributed by atoms with Gasteiger partial charge in [0.1, 0.15) is 5.60 Å². The van der Waals surface area contributed by atoms with E-state index in [1.165, 1.54) is 0 Å². The van der Waals surface area contributed by atoms with Crippen molar-refractivity contribution in [3.05, 3.63) is 11.8 Å². The second-order valence-electron chi connectivity index (χ2n) is 6.50. The molecule has 1 aliphatic heterocycles. The zero-order valence-corrected chi connectivity index (χ0v) is 12.2. The molecular formula is C15H26O3. The number of allylic oxidation sites excluding steroid dienone is 1. The third-order valence-electron chi connectivity index (χ3n) is 3.48. The third kappa shape index (κ3) is 3.76. The molecule has 2 atom stereocenters. The first-order chi connectivity index (χ1) is 8.24. The fourth-order valence-electron chi connectivity index (χ4n) is 2.83. The van der Waals surface area contributed by atoms with E-state index in [0.29, 0.717) is 18.3 Å². The first kappa shape index (κ1) is 15.1. The maximum atomic E-state index is 11.5. The van der Waals surface area contributed by atoms with E-state index in [1.807, 2.05) is 13.2 Å². The van der Waals surface area contributed by atoms with Gasteiger partial charge in [0.15, 0.2) is 0 Å². The van der Waals surface area contributed by atoms with Gasteiger partial charge in [0.25, 0.3) is 0 Å². The molecule has 3 nitrogen and oxygen atoms in total. The lowest BCUT2D eigenvalue weighted by Crippen LogP contribution is -2.44. The van der Waals surface area contributed by atoms with E-state index < -0.39 is 17.5 Å². The monoisotopic (exact) mass is 254 g/mol. The Balaban J connectivity index is 2.87. The van der Waals surface area contributed by atoms with Gasteiger partial charge in [-0.25, -0.2) is 0 Å².